The number of fused-ring (bicyclic) bond motifs is 5. The van der Waals surface area contributed by atoms with Gasteiger partial charge in [-0.15, -0.1) is 0 Å². The highest BCUT2D eigenvalue weighted by Crippen LogP contribution is 2.34. The molecule has 10 aromatic rings. The Balaban J connectivity index is 0.000000134. The van der Waals surface area contributed by atoms with E-state index in [2.05, 4.69) is 96.5 Å². The Hall–Kier alpha value is -10.1. The molecule has 15 rings (SSSR count). The highest BCUT2D eigenvalue weighted by Gasteiger charge is 2.26. The van der Waals surface area contributed by atoms with Crippen molar-refractivity contribution < 1.29 is 33.5 Å². The molecule has 5 aliphatic carbocycles. The number of nitrogens with one attached hydrogen (secondary N) is 4. The van der Waals surface area contributed by atoms with Crippen LogP contribution in [0.1, 0.15) is 255 Å². The SMILES string of the molecule is CC(=O)c1ccc2nc(N)n(CC3CCCCC3)c2n1.CCNc1nc2ccc(C(C)=O)nc2n1CC1CCCCC1.CNc1nc2ccc(C(C)=O)nc2n1CC1CCCCC1.CNc1nc2ccc(C(C)=O)nc2n1CC1CCCCC1.COC(=O)Nc1nc2ccc(C(C)=O)nc2n1CC1CCCCC1. The van der Waals surface area contributed by atoms with Crippen LogP contribution in [0.4, 0.5) is 34.5 Å². The molecule has 6 N–H and O–H groups in total. The Morgan fingerprint density at radius 1 is 0.352 bits per heavy atom. The minimum absolute atomic E-state index is 0.00248. The lowest BCUT2D eigenvalue weighted by molar-refractivity contribution is 0.100. The smallest absolute Gasteiger partial charge is 0.413 e. The molecule has 0 atom stereocenters. The van der Waals surface area contributed by atoms with Gasteiger partial charge in [-0.05, 0) is 161 Å². The van der Waals surface area contributed by atoms with Crippen molar-refractivity contribution in [2.75, 3.05) is 54.8 Å². The van der Waals surface area contributed by atoms with Gasteiger partial charge in [0.2, 0.25) is 29.7 Å². The summed E-state index contributed by atoms with van der Waals surface area (Å²) in [4.78, 5) is 115. The Labute approximate surface area is 632 Å². The predicted molar refractivity (Wildman–Crippen MR) is 424 cm³/mol. The standard InChI is InChI=1S/C17H22N4O3.C17H24N4O.2C16H22N4O.C15H20N4O/c1-11(22)13-8-9-14-15(18-13)21(10-12-6-4-3-5-7-12)16(19-14)20-17(23)24-2;1-3-18-17-20-15-10-9-14(12(2)22)19-16(15)21(17)11-13-7-5-4-6-8-13;2*1-11(21)13-8-9-14-15(18-13)20(16(17-2)19-14)10-12-6-4-3-5-7-12;1-10(20)12-7-8-13-14(17-12)19(15(16)18-13)9-11-5-3-2-4-6-11/h8-9,12H,3-7,10H2,1-2H3,(H,19,20,23);9-10,13H,3-8,11H2,1-2H3,(H,18,20);2*8-9,12H,3-7,10H2,1-2H3,(H,17,19);7-8,11H,2-6,9H2,1H3,(H2,16,18). The van der Waals surface area contributed by atoms with E-state index in [-0.39, 0.29) is 28.9 Å². The van der Waals surface area contributed by atoms with Crippen molar-refractivity contribution in [1.29, 1.82) is 0 Å². The minimum Gasteiger partial charge on any atom is -0.453 e. The summed E-state index contributed by atoms with van der Waals surface area (Å²) in [7, 11) is 5.07. The van der Waals surface area contributed by atoms with E-state index in [1.165, 1.54) is 169 Å². The molecule has 5 saturated carbocycles. The topological polar surface area (TPSA) is 339 Å². The van der Waals surface area contributed by atoms with E-state index in [0.29, 0.717) is 81.1 Å². The quantitative estimate of drug-likeness (QED) is 0.0443. The number of amides is 1. The summed E-state index contributed by atoms with van der Waals surface area (Å²) < 4.78 is 15.0. The number of Topliss-reactive ketones (excluding diaryl/α,β-unsaturated/α-hetero) is 5. The number of methoxy groups -OCH3 is 1. The van der Waals surface area contributed by atoms with Gasteiger partial charge in [-0.25, -0.2) is 54.6 Å². The summed E-state index contributed by atoms with van der Waals surface area (Å²) in [6.45, 7) is 15.0. The number of nitrogens with two attached hydrogens (primary N) is 1. The van der Waals surface area contributed by atoms with E-state index < -0.39 is 6.09 Å². The van der Waals surface area contributed by atoms with Crippen LogP contribution in [0.5, 0.6) is 0 Å². The van der Waals surface area contributed by atoms with Gasteiger partial charge in [-0.3, -0.25) is 52.1 Å². The van der Waals surface area contributed by atoms with Crippen molar-refractivity contribution in [1.82, 2.24) is 72.7 Å². The van der Waals surface area contributed by atoms with Gasteiger partial charge in [0.25, 0.3) is 0 Å². The van der Waals surface area contributed by atoms with E-state index >= 15 is 0 Å². The second-order valence-corrected chi connectivity index (χ2v) is 29.9. The number of hydrogen-bond acceptors (Lipinski definition) is 21. The van der Waals surface area contributed by atoms with Gasteiger partial charge in [0, 0.05) is 88.0 Å². The summed E-state index contributed by atoms with van der Waals surface area (Å²) in [6, 6.07) is 17.9. The van der Waals surface area contributed by atoms with Crippen molar-refractivity contribution in [3.63, 3.8) is 0 Å². The average Bonchev–Trinajstić information content (AvgIpc) is 1.67. The maximum absolute atomic E-state index is 11.6. The molecule has 0 saturated heterocycles. The Morgan fingerprint density at radius 3 is 0.861 bits per heavy atom. The van der Waals surface area contributed by atoms with Crippen LogP contribution >= 0.6 is 0 Å². The first-order chi connectivity index (χ1) is 52.3. The zero-order valence-corrected chi connectivity index (χ0v) is 64.7. The van der Waals surface area contributed by atoms with Crippen LogP contribution in [0.15, 0.2) is 60.7 Å². The molecule has 0 aliphatic heterocycles. The largest absolute Gasteiger partial charge is 0.453 e. The van der Waals surface area contributed by atoms with Gasteiger partial charge in [0.1, 0.15) is 56.1 Å². The monoisotopic (exact) mass is 1470 g/mol. The molecular weight excluding hydrogens is 1370 g/mol. The molecule has 0 aromatic carbocycles. The summed E-state index contributed by atoms with van der Waals surface area (Å²) in [6.07, 6.45) is 31.5. The number of nitrogen functional groups attached to an aromatic ring is 1. The summed E-state index contributed by atoms with van der Waals surface area (Å²) >= 11 is 0. The van der Waals surface area contributed by atoms with Gasteiger partial charge in [-0.1, -0.05) is 96.3 Å². The molecule has 10 aromatic heterocycles. The van der Waals surface area contributed by atoms with Crippen LogP contribution in [0, 0.1) is 29.6 Å². The van der Waals surface area contributed by atoms with E-state index in [0.717, 1.165) is 115 Å². The fraction of sp³-hybridized carbons (Fsp3) is 0.556. The second kappa shape index (κ2) is 37.6. The molecule has 27 heteroatoms. The van der Waals surface area contributed by atoms with Crippen LogP contribution in [-0.2, 0) is 37.5 Å². The average molecular weight is 1480 g/mol. The normalized spacial score (nSPS) is 16.1. The number of ether oxygens (including phenoxy) is 1. The number of aromatic nitrogens is 15. The molecule has 108 heavy (non-hydrogen) atoms. The fourth-order valence-corrected chi connectivity index (χ4v) is 15.9. The number of carbonyl (C=O) groups excluding carboxylic acids is 6. The van der Waals surface area contributed by atoms with Gasteiger partial charge < -0.3 is 26.4 Å². The maximum Gasteiger partial charge on any atom is 0.413 e. The van der Waals surface area contributed by atoms with Crippen LogP contribution in [0.25, 0.3) is 55.8 Å². The Kier molecular flexibility index (Phi) is 27.5. The van der Waals surface area contributed by atoms with Gasteiger partial charge >= 0.3 is 6.09 Å². The second-order valence-electron chi connectivity index (χ2n) is 29.9. The minimum atomic E-state index is -0.568. The number of nitrogens with zero attached hydrogens (tertiary/aromatic N) is 15. The Bertz CT molecular complexity index is 4650. The third-order valence-electron chi connectivity index (χ3n) is 21.8. The van der Waals surface area contributed by atoms with E-state index in [1.807, 2.05) is 47.5 Å². The third-order valence-corrected chi connectivity index (χ3v) is 21.8. The number of imidazole rings is 5. The zero-order valence-electron chi connectivity index (χ0n) is 64.7. The van der Waals surface area contributed by atoms with E-state index in [4.69, 9.17) is 5.73 Å². The number of ketones is 5. The first-order valence-corrected chi connectivity index (χ1v) is 39.4. The highest BCUT2D eigenvalue weighted by molar-refractivity contribution is 5.97. The first-order valence-electron chi connectivity index (χ1n) is 39.4. The van der Waals surface area contributed by atoms with E-state index in [9.17, 15) is 28.8 Å². The Morgan fingerprint density at radius 2 is 0.593 bits per heavy atom. The van der Waals surface area contributed by atoms with Crippen LogP contribution < -0.4 is 27.0 Å². The van der Waals surface area contributed by atoms with Crippen molar-refractivity contribution >= 4 is 121 Å². The molecule has 576 valence electrons. The van der Waals surface area contributed by atoms with Crippen LogP contribution in [0.3, 0.4) is 0 Å². The fourth-order valence-electron chi connectivity index (χ4n) is 15.9. The number of rotatable bonds is 20. The third kappa shape index (κ3) is 20.0. The van der Waals surface area contributed by atoms with Crippen molar-refractivity contribution in [3.05, 3.63) is 89.1 Å². The molecule has 10 heterocycles. The summed E-state index contributed by atoms with van der Waals surface area (Å²) in [5.41, 5.74) is 16.2. The molecule has 5 fully saturated rings. The molecule has 5 aliphatic rings. The first kappa shape index (κ1) is 79.0. The number of pyridine rings is 5. The van der Waals surface area contributed by atoms with Gasteiger partial charge in [0.05, 0.1) is 7.11 Å². The van der Waals surface area contributed by atoms with Crippen molar-refractivity contribution in [2.45, 2.75) is 235 Å². The van der Waals surface area contributed by atoms with Gasteiger partial charge in [0.15, 0.2) is 57.2 Å². The van der Waals surface area contributed by atoms with Crippen LogP contribution in [-0.4, -0.2) is 135 Å². The molecule has 27 nitrogen and oxygen atoms in total. The lowest BCUT2D eigenvalue weighted by atomic mass is 9.89. The van der Waals surface area contributed by atoms with E-state index in [1.54, 1.807) is 57.2 Å². The lowest BCUT2D eigenvalue weighted by Gasteiger charge is -2.23. The number of anilines is 5. The van der Waals surface area contributed by atoms with Crippen molar-refractivity contribution in [3.8, 4) is 0 Å². The molecule has 0 bridgehead atoms. The molecule has 0 radical (unpaired) electrons. The van der Waals surface area contributed by atoms with Crippen LogP contribution in [0.2, 0.25) is 0 Å². The maximum atomic E-state index is 11.6. The number of hydrogen-bond donors (Lipinski definition) is 5. The molecular formula is C81H110N20O7. The van der Waals surface area contributed by atoms with Gasteiger partial charge in [-0.2, -0.15) is 0 Å². The molecule has 0 unspecified atom stereocenters. The number of carbonyl (C=O) groups is 6. The molecule has 0 spiro atoms. The highest BCUT2D eigenvalue weighted by atomic mass is 16.5. The van der Waals surface area contributed by atoms with Crippen molar-refractivity contribution in [2.24, 2.45) is 29.6 Å². The molecule has 1 amide bonds. The predicted octanol–water partition coefficient (Wildman–Crippen LogP) is 16.3. The lowest BCUT2D eigenvalue weighted by Crippen LogP contribution is -2.19. The summed E-state index contributed by atoms with van der Waals surface area (Å²) in [5.74, 6) is 6.55. The zero-order chi connectivity index (χ0) is 76.4. The summed E-state index contributed by atoms with van der Waals surface area (Å²) in [5, 5.41) is 12.3.